The summed E-state index contributed by atoms with van der Waals surface area (Å²) in [5.74, 6) is -0.00388. The number of hydrogen-bond donors (Lipinski definition) is 2. The fourth-order valence-electron chi connectivity index (χ4n) is 3.27. The summed E-state index contributed by atoms with van der Waals surface area (Å²) in [5.41, 5.74) is 0.406. The summed E-state index contributed by atoms with van der Waals surface area (Å²) in [4.78, 5) is 37.9. The number of halogens is 1. The van der Waals surface area contributed by atoms with Crippen molar-refractivity contribution in [1.82, 2.24) is 15.5 Å². The van der Waals surface area contributed by atoms with Gasteiger partial charge < -0.3 is 20.3 Å². The molecule has 0 spiro atoms. The van der Waals surface area contributed by atoms with Crippen molar-refractivity contribution in [3.05, 3.63) is 34.9 Å². The van der Waals surface area contributed by atoms with Gasteiger partial charge in [-0.1, -0.05) is 29.8 Å². The molecule has 1 fully saturated rings. The van der Waals surface area contributed by atoms with E-state index in [1.165, 1.54) is 0 Å². The van der Waals surface area contributed by atoms with Crippen molar-refractivity contribution in [2.45, 2.75) is 64.5 Å². The molecule has 7 nitrogen and oxygen atoms in total. The van der Waals surface area contributed by atoms with Crippen molar-refractivity contribution in [2.24, 2.45) is 0 Å². The highest BCUT2D eigenvalue weighted by atomic mass is 35.5. The highest BCUT2D eigenvalue weighted by Crippen LogP contribution is 2.17. The molecule has 2 rings (SSSR count). The van der Waals surface area contributed by atoms with Crippen molar-refractivity contribution in [1.29, 1.82) is 0 Å². The summed E-state index contributed by atoms with van der Waals surface area (Å²) in [5, 5.41) is 6.33. The second-order valence-electron chi connectivity index (χ2n) is 8.49. The summed E-state index contributed by atoms with van der Waals surface area (Å²) in [6.07, 6.45) is 2.15. The van der Waals surface area contributed by atoms with Crippen LogP contribution in [-0.2, 0) is 20.7 Å². The monoisotopic (exact) mass is 437 g/mol. The summed E-state index contributed by atoms with van der Waals surface area (Å²) >= 11 is 6.13. The lowest BCUT2D eigenvalue weighted by Gasteiger charge is -2.32. The van der Waals surface area contributed by atoms with Gasteiger partial charge in [0.1, 0.15) is 5.60 Å². The molecule has 2 N–H and O–H groups in total. The maximum Gasteiger partial charge on any atom is 0.407 e. The molecule has 0 atom stereocenters. The number of amides is 3. The molecule has 0 saturated carbocycles. The number of alkyl carbamates (subject to hydrolysis) is 1. The molecular formula is C22H32ClN3O4. The Kier molecular flexibility index (Phi) is 8.96. The van der Waals surface area contributed by atoms with E-state index in [2.05, 4.69) is 10.6 Å². The molecule has 1 aromatic carbocycles. The first-order chi connectivity index (χ1) is 14.1. The van der Waals surface area contributed by atoms with Gasteiger partial charge in [0.05, 0.1) is 0 Å². The largest absolute Gasteiger partial charge is 0.444 e. The van der Waals surface area contributed by atoms with Crippen LogP contribution in [0.5, 0.6) is 0 Å². The highest BCUT2D eigenvalue weighted by Gasteiger charge is 2.24. The summed E-state index contributed by atoms with van der Waals surface area (Å²) in [6.45, 7) is 6.81. The number of carbonyl (C=O) groups excluding carboxylic acids is 3. The van der Waals surface area contributed by atoms with E-state index in [-0.39, 0.29) is 30.8 Å². The number of rotatable bonds is 7. The number of hydrogen-bond acceptors (Lipinski definition) is 4. The van der Waals surface area contributed by atoms with E-state index >= 15 is 0 Å². The predicted molar refractivity (Wildman–Crippen MR) is 116 cm³/mol. The normalized spacial score (nSPS) is 14.9. The zero-order valence-electron chi connectivity index (χ0n) is 18.0. The highest BCUT2D eigenvalue weighted by molar-refractivity contribution is 6.31. The van der Waals surface area contributed by atoms with Crippen LogP contribution in [0, 0.1) is 0 Å². The van der Waals surface area contributed by atoms with Crippen molar-refractivity contribution < 1.29 is 19.1 Å². The van der Waals surface area contributed by atoms with E-state index in [0.29, 0.717) is 31.0 Å². The zero-order chi connectivity index (χ0) is 22.1. The number of piperidine rings is 1. The molecule has 1 aliphatic rings. The topological polar surface area (TPSA) is 87.7 Å². The van der Waals surface area contributed by atoms with Crippen LogP contribution in [0.15, 0.2) is 24.3 Å². The molecule has 8 heteroatoms. The zero-order valence-corrected chi connectivity index (χ0v) is 18.8. The van der Waals surface area contributed by atoms with Gasteiger partial charge in [-0.15, -0.1) is 0 Å². The molecule has 1 aliphatic heterocycles. The van der Waals surface area contributed by atoms with Gasteiger partial charge in [0.15, 0.2) is 0 Å². The van der Waals surface area contributed by atoms with Gasteiger partial charge >= 0.3 is 6.09 Å². The van der Waals surface area contributed by atoms with Gasteiger partial charge in [-0.3, -0.25) is 9.59 Å². The smallest absolute Gasteiger partial charge is 0.407 e. The third-order valence-corrected chi connectivity index (χ3v) is 5.17. The molecule has 0 aromatic heterocycles. The fraction of sp³-hybridized carbons (Fsp3) is 0.591. The fourth-order valence-corrected chi connectivity index (χ4v) is 3.50. The van der Waals surface area contributed by atoms with E-state index in [9.17, 15) is 14.4 Å². The number of ether oxygens (including phenoxy) is 1. The molecule has 1 aromatic rings. The summed E-state index contributed by atoms with van der Waals surface area (Å²) in [6, 6.07) is 7.61. The van der Waals surface area contributed by atoms with Gasteiger partial charge in [0.25, 0.3) is 0 Å². The Bertz CT molecular complexity index is 740. The molecule has 0 radical (unpaired) electrons. The molecule has 166 valence electrons. The maximum atomic E-state index is 12.3. The molecular weight excluding hydrogens is 406 g/mol. The number of nitrogens with one attached hydrogen (secondary N) is 2. The third-order valence-electron chi connectivity index (χ3n) is 4.80. The molecule has 1 saturated heterocycles. The maximum absolute atomic E-state index is 12.3. The number of benzene rings is 1. The van der Waals surface area contributed by atoms with Crippen LogP contribution >= 0.6 is 11.6 Å². The van der Waals surface area contributed by atoms with Gasteiger partial charge in [-0.05, 0) is 51.7 Å². The Labute approximate surface area is 183 Å². The Morgan fingerprint density at radius 2 is 1.80 bits per heavy atom. The van der Waals surface area contributed by atoms with Crippen molar-refractivity contribution in [3.63, 3.8) is 0 Å². The first-order valence-corrected chi connectivity index (χ1v) is 10.8. The minimum Gasteiger partial charge on any atom is -0.444 e. The van der Waals surface area contributed by atoms with Crippen molar-refractivity contribution in [2.75, 3.05) is 19.6 Å². The molecule has 1 heterocycles. The number of likely N-dealkylation sites (tertiary alicyclic amines) is 1. The SMILES string of the molecule is CC(C)(C)OC(=O)NCCC(=O)N1CCC(NC(=O)CCc2ccccc2Cl)CC1. The Morgan fingerprint density at radius 3 is 2.43 bits per heavy atom. The standard InChI is InChI=1S/C22H32ClN3O4/c1-22(2,3)30-21(29)24-13-10-20(28)26-14-11-17(12-15-26)25-19(27)9-8-16-6-4-5-7-18(16)23/h4-7,17H,8-15H2,1-3H3,(H,24,29)(H,25,27). The lowest BCUT2D eigenvalue weighted by atomic mass is 10.0. The first-order valence-electron chi connectivity index (χ1n) is 10.4. The predicted octanol–water partition coefficient (Wildman–Crippen LogP) is 3.29. The third kappa shape index (κ3) is 8.61. The average molecular weight is 438 g/mol. The van der Waals surface area contributed by atoms with Gasteiger partial charge in [-0.2, -0.15) is 0 Å². The van der Waals surface area contributed by atoms with E-state index < -0.39 is 11.7 Å². The van der Waals surface area contributed by atoms with E-state index in [1.807, 2.05) is 24.3 Å². The van der Waals surface area contributed by atoms with Crippen LogP contribution in [-0.4, -0.2) is 54.1 Å². The van der Waals surface area contributed by atoms with E-state index in [4.69, 9.17) is 16.3 Å². The van der Waals surface area contributed by atoms with Crippen LogP contribution in [0.3, 0.4) is 0 Å². The second-order valence-corrected chi connectivity index (χ2v) is 8.90. The Balaban J connectivity index is 1.63. The molecule has 3 amide bonds. The first kappa shape index (κ1) is 24.0. The Hall–Kier alpha value is -2.28. The van der Waals surface area contributed by atoms with Crippen LogP contribution < -0.4 is 10.6 Å². The van der Waals surface area contributed by atoms with Crippen LogP contribution in [0.4, 0.5) is 4.79 Å². The minimum absolute atomic E-state index is 0.00116. The van der Waals surface area contributed by atoms with Crippen LogP contribution in [0.1, 0.15) is 52.0 Å². The average Bonchev–Trinajstić information content (AvgIpc) is 2.66. The van der Waals surface area contributed by atoms with Gasteiger partial charge in [0, 0.05) is 43.5 Å². The number of carbonyl (C=O) groups is 3. The minimum atomic E-state index is -0.562. The van der Waals surface area contributed by atoms with E-state index in [1.54, 1.807) is 25.7 Å². The second kappa shape index (κ2) is 11.2. The van der Waals surface area contributed by atoms with Crippen LogP contribution in [0.2, 0.25) is 5.02 Å². The molecule has 0 unspecified atom stereocenters. The molecule has 30 heavy (non-hydrogen) atoms. The lowest BCUT2D eigenvalue weighted by Crippen LogP contribution is -2.47. The van der Waals surface area contributed by atoms with Crippen molar-refractivity contribution in [3.8, 4) is 0 Å². The van der Waals surface area contributed by atoms with Gasteiger partial charge in [0.2, 0.25) is 11.8 Å². The van der Waals surface area contributed by atoms with Gasteiger partial charge in [-0.25, -0.2) is 4.79 Å². The lowest BCUT2D eigenvalue weighted by molar-refractivity contribution is -0.132. The summed E-state index contributed by atoms with van der Waals surface area (Å²) < 4.78 is 5.15. The molecule has 0 aliphatic carbocycles. The number of aryl methyl sites for hydroxylation is 1. The van der Waals surface area contributed by atoms with Crippen molar-refractivity contribution >= 4 is 29.5 Å². The number of nitrogens with zero attached hydrogens (tertiary/aromatic N) is 1. The van der Waals surface area contributed by atoms with Crippen LogP contribution in [0.25, 0.3) is 0 Å². The Morgan fingerprint density at radius 1 is 1.13 bits per heavy atom. The van der Waals surface area contributed by atoms with E-state index in [0.717, 1.165) is 18.4 Å². The molecule has 0 bridgehead atoms. The quantitative estimate of drug-likeness (QED) is 0.685. The summed E-state index contributed by atoms with van der Waals surface area (Å²) in [7, 11) is 0.